The molecule has 0 spiro atoms. The highest BCUT2D eigenvalue weighted by Crippen LogP contribution is 2.29. The van der Waals surface area contributed by atoms with E-state index in [1.54, 1.807) is 4.68 Å². The van der Waals surface area contributed by atoms with Crippen molar-refractivity contribution in [3.63, 3.8) is 0 Å². The predicted molar refractivity (Wildman–Crippen MR) is 104 cm³/mol. The fourth-order valence-electron chi connectivity index (χ4n) is 3.51. The SMILES string of the molecule is CC(=O)Nc1cc(-c2cccc3c2CCNC3)nc(-n2nc(C)cc2C)n1. The van der Waals surface area contributed by atoms with Crippen molar-refractivity contribution >= 4 is 11.7 Å². The van der Waals surface area contributed by atoms with Crippen LogP contribution in [-0.4, -0.2) is 32.2 Å². The van der Waals surface area contributed by atoms with Gasteiger partial charge in [-0.15, -0.1) is 0 Å². The lowest BCUT2D eigenvalue weighted by Gasteiger charge is -2.20. The molecule has 2 aromatic heterocycles. The molecule has 27 heavy (non-hydrogen) atoms. The van der Waals surface area contributed by atoms with E-state index < -0.39 is 0 Å². The zero-order chi connectivity index (χ0) is 19.0. The van der Waals surface area contributed by atoms with Gasteiger partial charge in [-0.3, -0.25) is 4.79 Å². The summed E-state index contributed by atoms with van der Waals surface area (Å²) in [4.78, 5) is 20.9. The molecule has 0 saturated carbocycles. The van der Waals surface area contributed by atoms with Crippen LogP contribution in [0.1, 0.15) is 29.4 Å². The van der Waals surface area contributed by atoms with Crippen LogP contribution in [0.3, 0.4) is 0 Å². The van der Waals surface area contributed by atoms with E-state index >= 15 is 0 Å². The van der Waals surface area contributed by atoms with E-state index in [2.05, 4.69) is 32.8 Å². The van der Waals surface area contributed by atoms with Crippen molar-refractivity contribution in [1.82, 2.24) is 25.1 Å². The summed E-state index contributed by atoms with van der Waals surface area (Å²) < 4.78 is 1.71. The van der Waals surface area contributed by atoms with Crippen LogP contribution >= 0.6 is 0 Å². The second-order valence-electron chi connectivity index (χ2n) is 6.83. The van der Waals surface area contributed by atoms with Crippen molar-refractivity contribution in [2.75, 3.05) is 11.9 Å². The average Bonchev–Trinajstić information content (AvgIpc) is 2.98. The quantitative estimate of drug-likeness (QED) is 0.748. The monoisotopic (exact) mass is 362 g/mol. The number of nitrogens with zero attached hydrogens (tertiary/aromatic N) is 4. The molecule has 3 aromatic rings. The molecule has 138 valence electrons. The minimum Gasteiger partial charge on any atom is -0.312 e. The molecule has 4 rings (SSSR count). The first-order valence-electron chi connectivity index (χ1n) is 9.03. The number of aryl methyl sites for hydroxylation is 2. The minimum atomic E-state index is -0.168. The van der Waals surface area contributed by atoms with Gasteiger partial charge in [-0.25, -0.2) is 9.67 Å². The molecular weight excluding hydrogens is 340 g/mol. The second kappa shape index (κ2) is 6.92. The van der Waals surface area contributed by atoms with Crippen LogP contribution in [0.5, 0.6) is 0 Å². The number of hydrogen-bond acceptors (Lipinski definition) is 5. The van der Waals surface area contributed by atoms with E-state index in [-0.39, 0.29) is 5.91 Å². The molecule has 1 aliphatic heterocycles. The van der Waals surface area contributed by atoms with Gasteiger partial charge in [0.05, 0.1) is 11.4 Å². The third-order valence-electron chi connectivity index (χ3n) is 4.63. The van der Waals surface area contributed by atoms with Crippen molar-refractivity contribution in [2.45, 2.75) is 33.7 Å². The smallest absolute Gasteiger partial charge is 0.253 e. The van der Waals surface area contributed by atoms with E-state index in [0.29, 0.717) is 11.8 Å². The summed E-state index contributed by atoms with van der Waals surface area (Å²) >= 11 is 0. The average molecular weight is 362 g/mol. The summed E-state index contributed by atoms with van der Waals surface area (Å²) in [6.07, 6.45) is 0.945. The van der Waals surface area contributed by atoms with Crippen molar-refractivity contribution in [1.29, 1.82) is 0 Å². The van der Waals surface area contributed by atoms with Crippen LogP contribution in [0.25, 0.3) is 17.2 Å². The lowest BCUT2D eigenvalue weighted by Crippen LogP contribution is -2.24. The fraction of sp³-hybridized carbons (Fsp3) is 0.300. The number of anilines is 1. The zero-order valence-electron chi connectivity index (χ0n) is 15.7. The lowest BCUT2D eigenvalue weighted by molar-refractivity contribution is -0.114. The van der Waals surface area contributed by atoms with E-state index in [9.17, 15) is 4.79 Å². The number of fused-ring (bicyclic) bond motifs is 1. The number of rotatable bonds is 3. The number of aromatic nitrogens is 4. The van der Waals surface area contributed by atoms with Crippen LogP contribution in [0.2, 0.25) is 0 Å². The van der Waals surface area contributed by atoms with Crippen molar-refractivity contribution in [2.24, 2.45) is 0 Å². The van der Waals surface area contributed by atoms with E-state index in [1.807, 2.05) is 32.0 Å². The third-order valence-corrected chi connectivity index (χ3v) is 4.63. The summed E-state index contributed by atoms with van der Waals surface area (Å²) in [5, 5.41) is 10.7. The van der Waals surface area contributed by atoms with Gasteiger partial charge in [0.2, 0.25) is 5.91 Å². The third kappa shape index (κ3) is 3.46. The van der Waals surface area contributed by atoms with Gasteiger partial charge in [0.15, 0.2) is 0 Å². The molecule has 0 unspecified atom stereocenters. The summed E-state index contributed by atoms with van der Waals surface area (Å²) in [7, 11) is 0. The Labute approximate surface area is 157 Å². The summed E-state index contributed by atoms with van der Waals surface area (Å²) in [6, 6.07) is 10.1. The van der Waals surface area contributed by atoms with Crippen LogP contribution < -0.4 is 10.6 Å². The molecule has 7 heteroatoms. The number of hydrogen-bond donors (Lipinski definition) is 2. The Bertz CT molecular complexity index is 1020. The van der Waals surface area contributed by atoms with E-state index in [4.69, 9.17) is 4.98 Å². The lowest BCUT2D eigenvalue weighted by atomic mass is 9.93. The molecule has 0 saturated heterocycles. The van der Waals surface area contributed by atoms with Crippen LogP contribution in [0, 0.1) is 13.8 Å². The summed E-state index contributed by atoms with van der Waals surface area (Å²) in [6.45, 7) is 7.17. The van der Waals surface area contributed by atoms with E-state index in [1.165, 1.54) is 18.1 Å². The number of benzene rings is 1. The van der Waals surface area contributed by atoms with Crippen molar-refractivity contribution < 1.29 is 4.79 Å². The molecule has 1 aromatic carbocycles. The molecule has 3 heterocycles. The fourth-order valence-corrected chi connectivity index (χ4v) is 3.51. The first-order valence-corrected chi connectivity index (χ1v) is 9.03. The molecule has 1 aliphatic rings. The highest BCUT2D eigenvalue weighted by molar-refractivity contribution is 5.88. The zero-order valence-corrected chi connectivity index (χ0v) is 15.7. The summed E-state index contributed by atoms with van der Waals surface area (Å²) in [5.41, 5.74) is 6.28. The van der Waals surface area contributed by atoms with Crippen molar-refractivity contribution in [3.05, 3.63) is 52.8 Å². The van der Waals surface area contributed by atoms with E-state index in [0.717, 1.165) is 42.2 Å². The summed E-state index contributed by atoms with van der Waals surface area (Å²) in [5.74, 6) is 0.758. The standard InChI is InChI=1S/C20H22N6O/c1-12-9-13(2)26(25-12)20-23-18(10-19(24-20)22-14(3)27)17-6-4-5-15-11-21-8-7-16(15)17/h4-6,9-10,21H,7-8,11H2,1-3H3,(H,22,23,24,27). The highest BCUT2D eigenvalue weighted by Gasteiger charge is 2.17. The first kappa shape index (κ1) is 17.4. The van der Waals surface area contributed by atoms with Gasteiger partial charge in [0.25, 0.3) is 5.95 Å². The predicted octanol–water partition coefficient (Wildman–Crippen LogP) is 2.55. The van der Waals surface area contributed by atoms with Gasteiger partial charge in [-0.2, -0.15) is 10.1 Å². The van der Waals surface area contributed by atoms with Crippen LogP contribution in [0.4, 0.5) is 5.82 Å². The molecule has 7 nitrogen and oxygen atoms in total. The van der Waals surface area contributed by atoms with Crippen molar-refractivity contribution in [3.8, 4) is 17.2 Å². The Hall–Kier alpha value is -3.06. The maximum Gasteiger partial charge on any atom is 0.253 e. The van der Waals surface area contributed by atoms with Gasteiger partial charge >= 0.3 is 0 Å². The maximum absolute atomic E-state index is 11.6. The molecular formula is C20H22N6O. The Morgan fingerprint density at radius 3 is 2.81 bits per heavy atom. The van der Waals surface area contributed by atoms with Crippen LogP contribution in [0.15, 0.2) is 30.3 Å². The van der Waals surface area contributed by atoms with Gasteiger partial charge in [-0.05, 0) is 44.0 Å². The molecule has 2 N–H and O–H groups in total. The van der Waals surface area contributed by atoms with Gasteiger partial charge in [0, 0.05) is 30.8 Å². The Balaban J connectivity index is 1.89. The number of carbonyl (C=O) groups excluding carboxylic acids is 1. The minimum absolute atomic E-state index is 0.168. The molecule has 0 aliphatic carbocycles. The van der Waals surface area contributed by atoms with Crippen LogP contribution in [-0.2, 0) is 17.8 Å². The Morgan fingerprint density at radius 2 is 2.07 bits per heavy atom. The molecule has 0 atom stereocenters. The van der Waals surface area contributed by atoms with Gasteiger partial charge in [0.1, 0.15) is 5.82 Å². The molecule has 0 fully saturated rings. The first-order chi connectivity index (χ1) is 13.0. The maximum atomic E-state index is 11.6. The number of amides is 1. The normalized spacial score (nSPS) is 13.3. The molecule has 0 bridgehead atoms. The number of nitrogens with one attached hydrogen (secondary N) is 2. The second-order valence-corrected chi connectivity index (χ2v) is 6.83. The molecule has 1 amide bonds. The highest BCUT2D eigenvalue weighted by atomic mass is 16.1. The Morgan fingerprint density at radius 1 is 1.22 bits per heavy atom. The Kier molecular flexibility index (Phi) is 4.45. The number of carbonyl (C=O) groups is 1. The molecule has 0 radical (unpaired) electrons. The van der Waals surface area contributed by atoms with Gasteiger partial charge in [-0.1, -0.05) is 18.2 Å². The van der Waals surface area contributed by atoms with Gasteiger partial charge < -0.3 is 10.6 Å². The largest absolute Gasteiger partial charge is 0.312 e. The topological polar surface area (TPSA) is 84.7 Å².